The summed E-state index contributed by atoms with van der Waals surface area (Å²) in [5.41, 5.74) is -0.642. The predicted molar refractivity (Wildman–Crippen MR) is 69.0 cm³/mol. The van der Waals surface area contributed by atoms with Gasteiger partial charge in [0.25, 0.3) is 0 Å². The van der Waals surface area contributed by atoms with Gasteiger partial charge in [0, 0.05) is 7.11 Å². The smallest absolute Gasteiger partial charge is 0.434 e. The molecule has 6 heteroatoms. The molecule has 0 aromatic rings. The lowest BCUT2D eigenvalue weighted by Gasteiger charge is -2.29. The van der Waals surface area contributed by atoms with Gasteiger partial charge in [-0.2, -0.15) is 5.06 Å². The van der Waals surface area contributed by atoms with Crippen LogP contribution >= 0.6 is 0 Å². The van der Waals surface area contributed by atoms with Crippen LogP contribution in [0.2, 0.25) is 0 Å². The summed E-state index contributed by atoms with van der Waals surface area (Å²) in [7, 11) is 1.59. The number of hydrogen-bond donors (Lipinski definition) is 1. The minimum Gasteiger partial charge on any atom is -0.442 e. The SMILES string of the molecule is COCCO[C@H]1C=CC[C@H]1N(O)C(=O)OC(C)(C)C. The molecule has 0 fully saturated rings. The summed E-state index contributed by atoms with van der Waals surface area (Å²) in [5.74, 6) is 0. The van der Waals surface area contributed by atoms with Crippen LogP contribution in [0.25, 0.3) is 0 Å². The summed E-state index contributed by atoms with van der Waals surface area (Å²) in [6.45, 7) is 6.12. The van der Waals surface area contributed by atoms with E-state index in [2.05, 4.69) is 0 Å². The standard InChI is InChI=1S/C13H23NO5/c1-13(2,3)19-12(15)14(16)10-6-5-7-11(10)18-9-8-17-4/h5,7,10-11,16H,6,8-9H2,1-4H3/t10-,11+/m1/s1. The normalized spacial score (nSPS) is 22.6. The Kier molecular flexibility index (Phi) is 5.78. The fraction of sp³-hybridized carbons (Fsp3) is 0.769. The number of hydrogen-bond acceptors (Lipinski definition) is 5. The molecule has 0 aromatic carbocycles. The van der Waals surface area contributed by atoms with Gasteiger partial charge in [-0.3, -0.25) is 5.21 Å². The first-order valence-electron chi connectivity index (χ1n) is 6.33. The van der Waals surface area contributed by atoms with Crippen molar-refractivity contribution in [3.05, 3.63) is 12.2 Å². The van der Waals surface area contributed by atoms with Crippen molar-refractivity contribution in [3.63, 3.8) is 0 Å². The number of hydroxylamine groups is 2. The molecule has 0 radical (unpaired) electrons. The van der Waals surface area contributed by atoms with E-state index in [9.17, 15) is 10.0 Å². The summed E-state index contributed by atoms with van der Waals surface area (Å²) < 4.78 is 15.5. The van der Waals surface area contributed by atoms with Gasteiger partial charge >= 0.3 is 6.09 Å². The number of rotatable bonds is 5. The summed E-state index contributed by atoms with van der Waals surface area (Å²) in [5, 5.41) is 10.5. The molecule has 1 rings (SSSR count). The second kappa shape index (κ2) is 6.88. The molecule has 0 heterocycles. The summed E-state index contributed by atoms with van der Waals surface area (Å²) in [6, 6.07) is -0.452. The number of nitrogens with zero attached hydrogens (tertiary/aromatic N) is 1. The van der Waals surface area contributed by atoms with Crippen molar-refractivity contribution in [1.29, 1.82) is 0 Å². The van der Waals surface area contributed by atoms with Crippen LogP contribution in [0.4, 0.5) is 4.79 Å². The summed E-state index contributed by atoms with van der Waals surface area (Å²) >= 11 is 0. The van der Waals surface area contributed by atoms with Gasteiger partial charge in [0.05, 0.1) is 25.4 Å². The van der Waals surface area contributed by atoms with Crippen molar-refractivity contribution in [1.82, 2.24) is 5.06 Å². The van der Waals surface area contributed by atoms with E-state index in [1.807, 2.05) is 12.2 Å². The molecular formula is C13H23NO5. The molecule has 0 spiro atoms. The minimum absolute atomic E-state index is 0.340. The Labute approximate surface area is 113 Å². The molecule has 1 aliphatic carbocycles. The molecule has 0 unspecified atom stereocenters. The van der Waals surface area contributed by atoms with Crippen LogP contribution in [0.5, 0.6) is 0 Å². The van der Waals surface area contributed by atoms with Crippen molar-refractivity contribution >= 4 is 6.09 Å². The Bertz CT molecular complexity index is 323. The molecule has 110 valence electrons. The van der Waals surface area contributed by atoms with E-state index in [-0.39, 0.29) is 6.10 Å². The maximum atomic E-state index is 11.8. The highest BCUT2D eigenvalue weighted by Gasteiger charge is 2.34. The van der Waals surface area contributed by atoms with E-state index in [1.54, 1.807) is 27.9 Å². The van der Waals surface area contributed by atoms with E-state index in [0.29, 0.717) is 24.7 Å². The maximum absolute atomic E-state index is 11.8. The number of amides is 1. The van der Waals surface area contributed by atoms with Crippen molar-refractivity contribution in [2.45, 2.75) is 44.9 Å². The topological polar surface area (TPSA) is 68.2 Å². The molecule has 0 aliphatic heterocycles. The van der Waals surface area contributed by atoms with Gasteiger partial charge in [0.1, 0.15) is 5.60 Å². The van der Waals surface area contributed by atoms with Crippen molar-refractivity contribution in [2.24, 2.45) is 0 Å². The zero-order chi connectivity index (χ0) is 14.5. The van der Waals surface area contributed by atoms with Crippen LogP contribution in [0, 0.1) is 0 Å². The second-order valence-corrected chi connectivity index (χ2v) is 5.38. The fourth-order valence-electron chi connectivity index (χ4n) is 1.73. The third-order valence-electron chi connectivity index (χ3n) is 2.58. The second-order valence-electron chi connectivity index (χ2n) is 5.38. The highest BCUT2D eigenvalue weighted by Crippen LogP contribution is 2.21. The zero-order valence-electron chi connectivity index (χ0n) is 12.0. The van der Waals surface area contributed by atoms with Gasteiger partial charge in [0.2, 0.25) is 0 Å². The Morgan fingerprint density at radius 2 is 2.11 bits per heavy atom. The molecule has 19 heavy (non-hydrogen) atoms. The van der Waals surface area contributed by atoms with E-state index in [4.69, 9.17) is 14.2 Å². The molecule has 0 saturated heterocycles. The zero-order valence-corrected chi connectivity index (χ0v) is 12.0. The first-order chi connectivity index (χ1) is 8.85. The highest BCUT2D eigenvalue weighted by atomic mass is 16.6. The van der Waals surface area contributed by atoms with Gasteiger partial charge in [-0.15, -0.1) is 0 Å². The molecule has 1 N–H and O–H groups in total. The quantitative estimate of drug-likeness (QED) is 0.359. The van der Waals surface area contributed by atoms with Crippen LogP contribution in [-0.4, -0.2) is 54.4 Å². The monoisotopic (exact) mass is 273 g/mol. The van der Waals surface area contributed by atoms with Crippen LogP contribution < -0.4 is 0 Å². The van der Waals surface area contributed by atoms with Crippen LogP contribution in [-0.2, 0) is 14.2 Å². The van der Waals surface area contributed by atoms with Crippen LogP contribution in [0.3, 0.4) is 0 Å². The number of carbonyl (C=O) groups excluding carboxylic acids is 1. The van der Waals surface area contributed by atoms with Gasteiger partial charge in [-0.1, -0.05) is 12.2 Å². The lowest BCUT2D eigenvalue weighted by Crippen LogP contribution is -2.45. The maximum Gasteiger partial charge on any atom is 0.434 e. The van der Waals surface area contributed by atoms with Crippen molar-refractivity contribution in [2.75, 3.05) is 20.3 Å². The Balaban J connectivity index is 2.51. The van der Waals surface area contributed by atoms with E-state index < -0.39 is 17.7 Å². The van der Waals surface area contributed by atoms with Crippen LogP contribution in [0.1, 0.15) is 27.2 Å². The lowest BCUT2D eigenvalue weighted by molar-refractivity contribution is -0.143. The molecule has 0 saturated carbocycles. The first kappa shape index (κ1) is 15.9. The van der Waals surface area contributed by atoms with Gasteiger partial charge in [-0.25, -0.2) is 4.79 Å². The van der Waals surface area contributed by atoms with Gasteiger partial charge in [0.15, 0.2) is 0 Å². The highest BCUT2D eigenvalue weighted by molar-refractivity contribution is 5.67. The van der Waals surface area contributed by atoms with E-state index in [1.165, 1.54) is 0 Å². The third kappa shape index (κ3) is 5.18. The van der Waals surface area contributed by atoms with E-state index in [0.717, 1.165) is 0 Å². The molecule has 2 atom stereocenters. The molecule has 0 aromatic heterocycles. The molecular weight excluding hydrogens is 250 g/mol. The summed E-state index contributed by atoms with van der Waals surface area (Å²) in [6.07, 6.45) is 3.13. The van der Waals surface area contributed by atoms with E-state index >= 15 is 0 Å². The largest absolute Gasteiger partial charge is 0.442 e. The number of ether oxygens (including phenoxy) is 3. The lowest BCUT2D eigenvalue weighted by atomic mass is 10.2. The molecule has 0 bridgehead atoms. The third-order valence-corrected chi connectivity index (χ3v) is 2.58. The Morgan fingerprint density at radius 1 is 1.42 bits per heavy atom. The Morgan fingerprint density at radius 3 is 2.68 bits per heavy atom. The van der Waals surface area contributed by atoms with Crippen molar-refractivity contribution in [3.8, 4) is 0 Å². The fourth-order valence-corrected chi connectivity index (χ4v) is 1.73. The van der Waals surface area contributed by atoms with Gasteiger partial charge in [-0.05, 0) is 27.2 Å². The Hall–Kier alpha value is -1.11. The molecule has 1 aliphatic rings. The van der Waals surface area contributed by atoms with Gasteiger partial charge < -0.3 is 14.2 Å². The number of methoxy groups -OCH3 is 1. The average Bonchev–Trinajstić information content (AvgIpc) is 2.74. The predicted octanol–water partition coefficient (Wildman–Crippen LogP) is 1.97. The molecule has 6 nitrogen and oxygen atoms in total. The summed E-state index contributed by atoms with van der Waals surface area (Å²) in [4.78, 5) is 11.8. The van der Waals surface area contributed by atoms with Crippen molar-refractivity contribution < 1.29 is 24.2 Å². The molecule has 1 amide bonds. The number of carbonyl (C=O) groups is 1. The average molecular weight is 273 g/mol. The first-order valence-corrected chi connectivity index (χ1v) is 6.33. The van der Waals surface area contributed by atoms with Crippen LogP contribution in [0.15, 0.2) is 12.2 Å². The minimum atomic E-state index is -0.762.